The van der Waals surface area contributed by atoms with Gasteiger partial charge in [-0.2, -0.15) is 0 Å². The molecule has 0 spiro atoms. The van der Waals surface area contributed by atoms with E-state index >= 15 is 0 Å². The van der Waals surface area contributed by atoms with E-state index in [2.05, 4.69) is 9.47 Å². The molecule has 2 aromatic rings. The van der Waals surface area contributed by atoms with E-state index in [-0.39, 0.29) is 5.56 Å². The van der Waals surface area contributed by atoms with Crippen molar-refractivity contribution in [3.63, 3.8) is 0 Å². The number of ether oxygens (including phenoxy) is 2. The van der Waals surface area contributed by atoms with Gasteiger partial charge < -0.3 is 14.8 Å². The summed E-state index contributed by atoms with van der Waals surface area (Å²) >= 11 is 0. The van der Waals surface area contributed by atoms with Gasteiger partial charge in [0.25, 0.3) is 5.91 Å². The van der Waals surface area contributed by atoms with Gasteiger partial charge in [-0.3, -0.25) is 4.79 Å². The van der Waals surface area contributed by atoms with E-state index in [9.17, 15) is 31.5 Å². The van der Waals surface area contributed by atoms with Crippen LogP contribution in [0.5, 0.6) is 5.75 Å². The maximum atomic E-state index is 13.4. The number of benzene rings is 2. The van der Waals surface area contributed by atoms with Crippen molar-refractivity contribution < 1.29 is 41.0 Å². The Bertz CT molecular complexity index is 785. The molecule has 0 unspecified atom stereocenters. The van der Waals surface area contributed by atoms with Gasteiger partial charge in [0.2, 0.25) is 0 Å². The number of hydrogen-bond donors (Lipinski definition) is 1. The molecule has 0 aliphatic carbocycles. The molecule has 5 nitrogen and oxygen atoms in total. The van der Waals surface area contributed by atoms with Crippen molar-refractivity contribution in [3.8, 4) is 5.75 Å². The highest BCUT2D eigenvalue weighted by Crippen LogP contribution is 2.23. The standard InChI is InChI=1S/C16H10F5NO4/c17-11-2-1-3-12(18)14(11)22-13(23)8-25-15(24)9-4-6-10(7-5-9)26-16(19,20)21/h1-7H,8H2,(H,22,23). The largest absolute Gasteiger partial charge is 0.573 e. The second kappa shape index (κ2) is 7.81. The van der Waals surface area contributed by atoms with E-state index in [4.69, 9.17) is 0 Å². The van der Waals surface area contributed by atoms with Crippen molar-refractivity contribution in [3.05, 3.63) is 59.7 Å². The number of nitrogens with one attached hydrogen (secondary N) is 1. The molecule has 0 fully saturated rings. The molecule has 26 heavy (non-hydrogen) atoms. The van der Waals surface area contributed by atoms with Crippen LogP contribution in [0.2, 0.25) is 0 Å². The third-order valence-corrected chi connectivity index (χ3v) is 2.89. The summed E-state index contributed by atoms with van der Waals surface area (Å²) < 4.78 is 71.1. The zero-order valence-corrected chi connectivity index (χ0v) is 12.8. The van der Waals surface area contributed by atoms with E-state index in [1.54, 1.807) is 0 Å². The molecule has 0 atom stereocenters. The van der Waals surface area contributed by atoms with E-state index in [0.29, 0.717) is 0 Å². The van der Waals surface area contributed by atoms with Crippen LogP contribution >= 0.6 is 0 Å². The summed E-state index contributed by atoms with van der Waals surface area (Å²) in [5.41, 5.74) is -0.841. The number of carbonyl (C=O) groups excluding carboxylic acids is 2. The predicted molar refractivity (Wildman–Crippen MR) is 78.4 cm³/mol. The minimum atomic E-state index is -4.87. The van der Waals surface area contributed by atoms with Gasteiger partial charge in [0, 0.05) is 0 Å². The molecule has 0 radical (unpaired) electrons. The van der Waals surface area contributed by atoms with Crippen molar-refractivity contribution >= 4 is 17.6 Å². The van der Waals surface area contributed by atoms with Crippen molar-refractivity contribution in [2.24, 2.45) is 0 Å². The Morgan fingerprint density at radius 2 is 1.54 bits per heavy atom. The molecule has 0 saturated carbocycles. The lowest BCUT2D eigenvalue weighted by molar-refractivity contribution is -0.274. The smallest absolute Gasteiger partial charge is 0.452 e. The normalized spacial score (nSPS) is 11.0. The maximum Gasteiger partial charge on any atom is 0.573 e. The van der Waals surface area contributed by atoms with E-state index in [1.165, 1.54) is 0 Å². The first-order chi connectivity index (χ1) is 12.2. The van der Waals surface area contributed by atoms with Crippen LogP contribution < -0.4 is 10.1 Å². The number of amides is 1. The van der Waals surface area contributed by atoms with Crippen LogP contribution in [0.25, 0.3) is 0 Å². The molecule has 0 bridgehead atoms. The third kappa shape index (κ3) is 5.43. The number of anilines is 1. The quantitative estimate of drug-likeness (QED) is 0.640. The average molecular weight is 375 g/mol. The topological polar surface area (TPSA) is 64.6 Å². The minimum absolute atomic E-state index is 0.149. The number of alkyl halides is 3. The Kier molecular flexibility index (Phi) is 5.75. The lowest BCUT2D eigenvalue weighted by Gasteiger charge is -2.10. The second-order valence-corrected chi connectivity index (χ2v) is 4.79. The van der Waals surface area contributed by atoms with Gasteiger partial charge in [-0.25, -0.2) is 13.6 Å². The minimum Gasteiger partial charge on any atom is -0.452 e. The lowest BCUT2D eigenvalue weighted by atomic mass is 10.2. The van der Waals surface area contributed by atoms with E-state index in [1.807, 2.05) is 5.32 Å². The number of halogens is 5. The molecule has 0 aliphatic heterocycles. The number of hydrogen-bond acceptors (Lipinski definition) is 4. The zero-order valence-electron chi connectivity index (χ0n) is 12.8. The van der Waals surface area contributed by atoms with Gasteiger partial charge in [-0.1, -0.05) is 6.07 Å². The summed E-state index contributed by atoms with van der Waals surface area (Å²) in [6.45, 7) is -0.854. The van der Waals surface area contributed by atoms with Crippen LogP contribution in [-0.4, -0.2) is 24.8 Å². The number of rotatable bonds is 5. The monoisotopic (exact) mass is 375 g/mol. The van der Waals surface area contributed by atoms with Crippen LogP contribution in [-0.2, 0) is 9.53 Å². The molecule has 1 N–H and O–H groups in total. The summed E-state index contributed by atoms with van der Waals surface area (Å²) in [5, 5.41) is 1.91. The summed E-state index contributed by atoms with van der Waals surface area (Å²) in [7, 11) is 0. The summed E-state index contributed by atoms with van der Waals surface area (Å²) in [5.74, 6) is -4.58. The molecule has 10 heteroatoms. The van der Waals surface area contributed by atoms with Crippen molar-refractivity contribution in [2.75, 3.05) is 11.9 Å². The van der Waals surface area contributed by atoms with Gasteiger partial charge in [0.1, 0.15) is 23.1 Å². The number of carbonyl (C=O) groups is 2. The van der Waals surface area contributed by atoms with Gasteiger partial charge >= 0.3 is 12.3 Å². The molecular formula is C16H10F5NO4. The summed E-state index contributed by atoms with van der Waals surface area (Å²) in [4.78, 5) is 23.3. The fraction of sp³-hybridized carbons (Fsp3) is 0.125. The molecule has 0 heterocycles. The SMILES string of the molecule is O=C(COC(=O)c1ccc(OC(F)(F)F)cc1)Nc1c(F)cccc1F. The van der Waals surface area contributed by atoms with Crippen molar-refractivity contribution in [2.45, 2.75) is 6.36 Å². The van der Waals surface area contributed by atoms with Crippen LogP contribution in [0.4, 0.5) is 27.6 Å². The van der Waals surface area contributed by atoms with Gasteiger partial charge in [0.15, 0.2) is 6.61 Å². The summed E-state index contributed by atoms with van der Waals surface area (Å²) in [6, 6.07) is 6.73. The Labute approximate surface area is 143 Å². The number of para-hydroxylation sites is 1. The van der Waals surface area contributed by atoms with Crippen LogP contribution in [0.3, 0.4) is 0 Å². The average Bonchev–Trinajstić information content (AvgIpc) is 2.55. The second-order valence-electron chi connectivity index (χ2n) is 4.79. The predicted octanol–water partition coefficient (Wildman–Crippen LogP) is 3.66. The van der Waals surface area contributed by atoms with Crippen molar-refractivity contribution in [1.29, 1.82) is 0 Å². The zero-order chi connectivity index (χ0) is 19.3. The fourth-order valence-corrected chi connectivity index (χ4v) is 1.80. The first-order valence-electron chi connectivity index (χ1n) is 6.92. The molecular weight excluding hydrogens is 365 g/mol. The first kappa shape index (κ1) is 19.2. The van der Waals surface area contributed by atoms with E-state index in [0.717, 1.165) is 42.5 Å². The Morgan fingerprint density at radius 3 is 2.08 bits per heavy atom. The molecule has 0 aromatic heterocycles. The Morgan fingerprint density at radius 1 is 0.962 bits per heavy atom. The highest BCUT2D eigenvalue weighted by Gasteiger charge is 2.31. The maximum absolute atomic E-state index is 13.4. The first-order valence-corrected chi connectivity index (χ1v) is 6.92. The summed E-state index contributed by atoms with van der Waals surface area (Å²) in [6.07, 6.45) is -4.87. The molecule has 2 rings (SSSR count). The van der Waals surface area contributed by atoms with Crippen LogP contribution in [0.15, 0.2) is 42.5 Å². The molecule has 1 amide bonds. The van der Waals surface area contributed by atoms with E-state index < -0.39 is 47.9 Å². The fourth-order valence-electron chi connectivity index (χ4n) is 1.80. The highest BCUT2D eigenvalue weighted by molar-refractivity contribution is 5.95. The Balaban J connectivity index is 1.91. The molecule has 0 aliphatic rings. The highest BCUT2D eigenvalue weighted by atomic mass is 19.4. The third-order valence-electron chi connectivity index (χ3n) is 2.89. The van der Waals surface area contributed by atoms with Gasteiger partial charge in [0.05, 0.1) is 5.56 Å². The Hall–Kier alpha value is -3.17. The van der Waals surface area contributed by atoms with Crippen molar-refractivity contribution in [1.82, 2.24) is 0 Å². The van der Waals surface area contributed by atoms with Gasteiger partial charge in [-0.15, -0.1) is 13.2 Å². The van der Waals surface area contributed by atoms with Crippen LogP contribution in [0.1, 0.15) is 10.4 Å². The van der Waals surface area contributed by atoms with Crippen LogP contribution in [0, 0.1) is 11.6 Å². The number of esters is 1. The molecule has 0 saturated heterocycles. The molecule has 2 aromatic carbocycles. The van der Waals surface area contributed by atoms with Gasteiger partial charge in [-0.05, 0) is 36.4 Å². The lowest BCUT2D eigenvalue weighted by Crippen LogP contribution is -2.22. The molecule has 138 valence electrons.